The summed E-state index contributed by atoms with van der Waals surface area (Å²) in [6, 6.07) is 3.75. The van der Waals surface area contributed by atoms with E-state index in [4.69, 9.17) is 0 Å². The monoisotopic (exact) mass is 309 g/mol. The van der Waals surface area contributed by atoms with Crippen molar-refractivity contribution in [2.45, 2.75) is 33.1 Å². The third-order valence-corrected chi connectivity index (χ3v) is 4.25. The highest BCUT2D eigenvalue weighted by molar-refractivity contribution is 5.80. The summed E-state index contributed by atoms with van der Waals surface area (Å²) in [6.45, 7) is 8.92. The highest BCUT2D eigenvalue weighted by Gasteiger charge is 2.30. The number of nitrogens with one attached hydrogen (secondary N) is 1. The Hall–Kier alpha value is -1.65. The number of guanidine groups is 1. The van der Waals surface area contributed by atoms with E-state index in [2.05, 4.69) is 29.1 Å². The largest absolute Gasteiger partial charge is 0.356 e. The maximum absolute atomic E-state index is 13.8. The molecule has 0 saturated carbocycles. The zero-order chi connectivity index (χ0) is 16.3. The lowest BCUT2D eigenvalue weighted by Crippen LogP contribution is -2.42. The van der Waals surface area contributed by atoms with E-state index < -0.39 is 11.6 Å². The molecule has 22 heavy (non-hydrogen) atoms. The Morgan fingerprint density at radius 2 is 2.14 bits per heavy atom. The first kappa shape index (κ1) is 16.7. The molecule has 1 aromatic carbocycles. The van der Waals surface area contributed by atoms with Crippen LogP contribution in [0.2, 0.25) is 0 Å². The molecule has 1 fully saturated rings. The molecule has 1 aliphatic heterocycles. The van der Waals surface area contributed by atoms with Gasteiger partial charge in [0.05, 0.1) is 0 Å². The average Bonchev–Trinajstić information content (AvgIpc) is 2.79. The smallest absolute Gasteiger partial charge is 0.193 e. The average molecular weight is 309 g/mol. The molecule has 0 bridgehead atoms. The zero-order valence-electron chi connectivity index (χ0n) is 13.8. The molecule has 1 saturated heterocycles. The van der Waals surface area contributed by atoms with E-state index in [1.807, 2.05) is 6.92 Å². The normalized spacial score (nSPS) is 19.4. The van der Waals surface area contributed by atoms with Gasteiger partial charge in [-0.2, -0.15) is 0 Å². The third kappa shape index (κ3) is 3.96. The number of nitrogens with zero attached hydrogens (tertiary/aromatic N) is 2. The van der Waals surface area contributed by atoms with Gasteiger partial charge in [-0.15, -0.1) is 0 Å². The number of hydrogen-bond donors (Lipinski definition) is 1. The van der Waals surface area contributed by atoms with Gasteiger partial charge in [-0.1, -0.05) is 26.8 Å². The molecular formula is C17H25F2N3. The third-order valence-electron chi connectivity index (χ3n) is 4.25. The molecule has 1 N–H and O–H groups in total. The van der Waals surface area contributed by atoms with Crippen molar-refractivity contribution >= 4 is 5.96 Å². The van der Waals surface area contributed by atoms with E-state index in [0.717, 1.165) is 31.5 Å². The van der Waals surface area contributed by atoms with Crippen molar-refractivity contribution in [1.29, 1.82) is 0 Å². The lowest BCUT2D eigenvalue weighted by Gasteiger charge is -2.25. The minimum absolute atomic E-state index is 0.0621. The number of likely N-dealkylation sites (tertiary alicyclic amines) is 1. The van der Waals surface area contributed by atoms with Crippen LogP contribution in [-0.2, 0) is 0 Å². The Morgan fingerprint density at radius 3 is 2.68 bits per heavy atom. The predicted octanol–water partition coefficient (Wildman–Crippen LogP) is 3.38. The highest BCUT2D eigenvalue weighted by Crippen LogP contribution is 2.28. The molecule has 1 unspecified atom stereocenters. The van der Waals surface area contributed by atoms with Gasteiger partial charge >= 0.3 is 0 Å². The van der Waals surface area contributed by atoms with E-state index in [9.17, 15) is 8.78 Å². The molecule has 122 valence electrons. The lowest BCUT2D eigenvalue weighted by atomic mass is 9.93. The van der Waals surface area contributed by atoms with Crippen molar-refractivity contribution in [2.75, 3.05) is 26.7 Å². The summed E-state index contributed by atoms with van der Waals surface area (Å²) in [6.07, 6.45) is 1.13. The Bertz CT molecular complexity index is 555. The second kappa shape index (κ2) is 6.63. The molecule has 3 nitrogen and oxygen atoms in total. The van der Waals surface area contributed by atoms with Crippen LogP contribution in [0.25, 0.3) is 0 Å². The number of halogens is 2. The molecule has 0 amide bonds. The van der Waals surface area contributed by atoms with E-state index in [0.29, 0.717) is 17.5 Å². The first-order valence-electron chi connectivity index (χ1n) is 7.73. The van der Waals surface area contributed by atoms with Gasteiger partial charge in [0.15, 0.2) is 5.96 Å². The fourth-order valence-corrected chi connectivity index (χ4v) is 2.88. The van der Waals surface area contributed by atoms with Gasteiger partial charge in [0.2, 0.25) is 0 Å². The molecule has 1 heterocycles. The summed E-state index contributed by atoms with van der Waals surface area (Å²) >= 11 is 0. The molecule has 1 aromatic rings. The Labute approximate surface area is 131 Å². The van der Waals surface area contributed by atoms with Crippen molar-refractivity contribution in [1.82, 2.24) is 10.2 Å². The first-order valence-corrected chi connectivity index (χ1v) is 7.73. The van der Waals surface area contributed by atoms with Crippen LogP contribution in [0, 0.1) is 17.0 Å². The fourth-order valence-electron chi connectivity index (χ4n) is 2.88. The van der Waals surface area contributed by atoms with Crippen LogP contribution in [0.4, 0.5) is 8.78 Å². The minimum atomic E-state index is -0.545. The summed E-state index contributed by atoms with van der Waals surface area (Å²) < 4.78 is 26.8. The topological polar surface area (TPSA) is 27.6 Å². The SMILES string of the molecule is CN=C(NCC(C)c1ccc(F)cc1F)N1CCC(C)(C)C1. The Kier molecular flexibility index (Phi) is 5.04. The van der Waals surface area contributed by atoms with E-state index in [-0.39, 0.29) is 5.92 Å². The van der Waals surface area contributed by atoms with Crippen LogP contribution in [0.15, 0.2) is 23.2 Å². The first-order chi connectivity index (χ1) is 10.3. The van der Waals surface area contributed by atoms with Gasteiger partial charge in [0.25, 0.3) is 0 Å². The van der Waals surface area contributed by atoms with Crippen LogP contribution in [0.3, 0.4) is 0 Å². The fraction of sp³-hybridized carbons (Fsp3) is 0.588. The molecule has 0 spiro atoms. The van der Waals surface area contributed by atoms with Crippen molar-refractivity contribution in [2.24, 2.45) is 10.4 Å². The standard InChI is InChI=1S/C17H25F2N3/c1-12(14-6-5-13(18)9-15(14)19)10-21-16(20-4)22-8-7-17(2,3)11-22/h5-6,9,12H,7-8,10-11H2,1-4H3,(H,20,21). The van der Waals surface area contributed by atoms with Gasteiger partial charge in [0.1, 0.15) is 11.6 Å². The van der Waals surface area contributed by atoms with Crippen LogP contribution >= 0.6 is 0 Å². The molecule has 1 aliphatic rings. The number of benzene rings is 1. The van der Waals surface area contributed by atoms with Crippen molar-refractivity contribution in [3.8, 4) is 0 Å². The molecule has 0 aromatic heterocycles. The number of aliphatic imine (C=N–C) groups is 1. The molecule has 2 rings (SSSR count). The lowest BCUT2D eigenvalue weighted by molar-refractivity contribution is 0.369. The van der Waals surface area contributed by atoms with Gasteiger partial charge in [-0.25, -0.2) is 8.78 Å². The zero-order valence-corrected chi connectivity index (χ0v) is 13.8. The Balaban J connectivity index is 1.96. The van der Waals surface area contributed by atoms with Gasteiger partial charge in [0, 0.05) is 38.7 Å². The second-order valence-corrected chi connectivity index (χ2v) is 6.83. The molecule has 0 radical (unpaired) electrons. The van der Waals surface area contributed by atoms with Gasteiger partial charge in [-0.3, -0.25) is 4.99 Å². The van der Waals surface area contributed by atoms with Crippen LogP contribution in [-0.4, -0.2) is 37.5 Å². The Morgan fingerprint density at radius 1 is 1.41 bits per heavy atom. The summed E-state index contributed by atoms with van der Waals surface area (Å²) in [5.41, 5.74) is 0.817. The van der Waals surface area contributed by atoms with Gasteiger partial charge in [-0.05, 0) is 23.5 Å². The summed E-state index contributed by atoms with van der Waals surface area (Å²) in [4.78, 5) is 6.55. The van der Waals surface area contributed by atoms with E-state index >= 15 is 0 Å². The summed E-state index contributed by atoms with van der Waals surface area (Å²) in [5, 5.41) is 3.30. The maximum Gasteiger partial charge on any atom is 0.193 e. The molecular weight excluding hydrogens is 284 g/mol. The van der Waals surface area contributed by atoms with Crippen LogP contribution in [0.5, 0.6) is 0 Å². The van der Waals surface area contributed by atoms with Crippen LogP contribution < -0.4 is 5.32 Å². The van der Waals surface area contributed by atoms with Crippen LogP contribution in [0.1, 0.15) is 38.7 Å². The van der Waals surface area contributed by atoms with E-state index in [1.54, 1.807) is 7.05 Å². The molecule has 5 heteroatoms. The number of rotatable bonds is 3. The van der Waals surface area contributed by atoms with Crippen molar-refractivity contribution in [3.05, 3.63) is 35.4 Å². The summed E-state index contributed by atoms with van der Waals surface area (Å²) in [5.74, 6) is -0.254. The molecule has 0 aliphatic carbocycles. The van der Waals surface area contributed by atoms with Gasteiger partial charge < -0.3 is 10.2 Å². The number of hydrogen-bond acceptors (Lipinski definition) is 1. The predicted molar refractivity (Wildman–Crippen MR) is 86.1 cm³/mol. The second-order valence-electron chi connectivity index (χ2n) is 6.83. The van der Waals surface area contributed by atoms with E-state index in [1.165, 1.54) is 12.1 Å². The maximum atomic E-state index is 13.8. The van der Waals surface area contributed by atoms with Crippen molar-refractivity contribution < 1.29 is 8.78 Å². The van der Waals surface area contributed by atoms with Crippen molar-refractivity contribution in [3.63, 3.8) is 0 Å². The minimum Gasteiger partial charge on any atom is -0.356 e. The molecule has 1 atom stereocenters. The summed E-state index contributed by atoms with van der Waals surface area (Å²) in [7, 11) is 1.76. The quantitative estimate of drug-likeness (QED) is 0.685. The highest BCUT2D eigenvalue weighted by atomic mass is 19.1.